The summed E-state index contributed by atoms with van der Waals surface area (Å²) < 4.78 is 5.73. The Balaban J connectivity index is 2.22. The molecule has 1 amide bonds. The third-order valence-electron chi connectivity index (χ3n) is 3.18. The summed E-state index contributed by atoms with van der Waals surface area (Å²) in [6.45, 7) is 4.74. The Morgan fingerprint density at radius 2 is 2.11 bits per heavy atom. The molecule has 0 N–H and O–H groups in total. The van der Waals surface area contributed by atoms with E-state index in [0.717, 1.165) is 29.7 Å². The van der Waals surface area contributed by atoms with Crippen LogP contribution in [0.4, 0.5) is 0 Å². The lowest BCUT2D eigenvalue weighted by Crippen LogP contribution is -2.31. The van der Waals surface area contributed by atoms with Crippen LogP contribution in [-0.2, 0) is 4.79 Å². The second kappa shape index (κ2) is 5.25. The van der Waals surface area contributed by atoms with E-state index in [1.54, 1.807) is 4.90 Å². The van der Waals surface area contributed by atoms with Gasteiger partial charge in [-0.2, -0.15) is 0 Å². The maximum atomic E-state index is 12.2. The lowest BCUT2D eigenvalue weighted by molar-refractivity contribution is -0.131. The van der Waals surface area contributed by atoms with Crippen molar-refractivity contribution in [2.75, 3.05) is 13.6 Å². The highest BCUT2D eigenvalue weighted by Gasteiger charge is 2.22. The fraction of sp³-hybridized carbons (Fsp3) is 0.400. The lowest BCUT2D eigenvalue weighted by Gasteiger charge is -2.19. The molecule has 1 unspecified atom stereocenters. The van der Waals surface area contributed by atoms with Gasteiger partial charge in [0.2, 0.25) is 5.91 Å². The van der Waals surface area contributed by atoms with Crippen LogP contribution in [0, 0.1) is 0 Å². The van der Waals surface area contributed by atoms with Gasteiger partial charge in [-0.25, -0.2) is 0 Å². The van der Waals surface area contributed by atoms with Gasteiger partial charge in [0.15, 0.2) is 0 Å². The van der Waals surface area contributed by atoms with Crippen LogP contribution in [0.15, 0.2) is 34.7 Å². The van der Waals surface area contributed by atoms with E-state index < -0.39 is 0 Å². The molecular formula is C15H19NO2. The zero-order valence-electron chi connectivity index (χ0n) is 11.1. The number of carbonyl (C=O) groups is 1. The Hall–Kier alpha value is -1.77. The van der Waals surface area contributed by atoms with Gasteiger partial charge in [-0.05, 0) is 25.5 Å². The lowest BCUT2D eigenvalue weighted by atomic mass is 10.1. The summed E-state index contributed by atoms with van der Waals surface area (Å²) in [6.07, 6.45) is 0.967. The summed E-state index contributed by atoms with van der Waals surface area (Å²) in [5, 5.41) is 1.05. The van der Waals surface area contributed by atoms with Crippen LogP contribution >= 0.6 is 0 Å². The van der Waals surface area contributed by atoms with Crippen molar-refractivity contribution < 1.29 is 9.21 Å². The minimum absolute atomic E-state index is 0.107. The normalized spacial score (nSPS) is 12.6. The molecule has 1 aromatic heterocycles. The average molecular weight is 245 g/mol. The minimum atomic E-state index is -0.228. The third-order valence-corrected chi connectivity index (χ3v) is 3.18. The van der Waals surface area contributed by atoms with Crippen molar-refractivity contribution in [1.29, 1.82) is 0 Å². The van der Waals surface area contributed by atoms with E-state index in [4.69, 9.17) is 4.42 Å². The second-order valence-electron chi connectivity index (χ2n) is 4.67. The van der Waals surface area contributed by atoms with E-state index >= 15 is 0 Å². The molecule has 1 heterocycles. The largest absolute Gasteiger partial charge is 0.460 e. The first-order valence-corrected chi connectivity index (χ1v) is 6.37. The van der Waals surface area contributed by atoms with Crippen molar-refractivity contribution >= 4 is 16.9 Å². The first kappa shape index (κ1) is 12.7. The maximum absolute atomic E-state index is 12.2. The molecular weight excluding hydrogens is 226 g/mol. The van der Waals surface area contributed by atoms with Gasteiger partial charge in [0.25, 0.3) is 0 Å². The molecule has 3 nitrogen and oxygen atoms in total. The van der Waals surface area contributed by atoms with E-state index in [0.29, 0.717) is 0 Å². The number of nitrogens with zero attached hydrogens (tertiary/aromatic N) is 1. The highest BCUT2D eigenvalue weighted by Crippen LogP contribution is 2.25. The summed E-state index contributed by atoms with van der Waals surface area (Å²) in [5.74, 6) is 0.619. The first-order valence-electron chi connectivity index (χ1n) is 6.37. The Morgan fingerprint density at radius 1 is 1.39 bits per heavy atom. The summed E-state index contributed by atoms with van der Waals surface area (Å²) in [7, 11) is 1.84. The van der Waals surface area contributed by atoms with Crippen molar-refractivity contribution in [3.05, 3.63) is 36.1 Å². The molecule has 2 rings (SSSR count). The molecule has 0 aliphatic rings. The minimum Gasteiger partial charge on any atom is -0.460 e. The number of carbonyl (C=O) groups excluding carboxylic acids is 1. The van der Waals surface area contributed by atoms with Crippen LogP contribution in [-0.4, -0.2) is 24.4 Å². The van der Waals surface area contributed by atoms with Crippen LogP contribution in [0.25, 0.3) is 11.0 Å². The van der Waals surface area contributed by atoms with Gasteiger partial charge < -0.3 is 9.32 Å². The zero-order chi connectivity index (χ0) is 13.1. The van der Waals surface area contributed by atoms with E-state index in [1.165, 1.54) is 0 Å². The summed E-state index contributed by atoms with van der Waals surface area (Å²) in [5.41, 5.74) is 0.838. The van der Waals surface area contributed by atoms with Gasteiger partial charge in [-0.15, -0.1) is 0 Å². The number of para-hydroxylation sites is 1. The summed E-state index contributed by atoms with van der Waals surface area (Å²) in [4.78, 5) is 13.9. The highest BCUT2D eigenvalue weighted by molar-refractivity contribution is 5.85. The molecule has 18 heavy (non-hydrogen) atoms. The van der Waals surface area contributed by atoms with Crippen molar-refractivity contribution in [3.8, 4) is 0 Å². The van der Waals surface area contributed by atoms with Crippen molar-refractivity contribution in [2.24, 2.45) is 0 Å². The highest BCUT2D eigenvalue weighted by atomic mass is 16.3. The maximum Gasteiger partial charge on any atom is 0.232 e. The molecule has 0 saturated heterocycles. The van der Waals surface area contributed by atoms with Gasteiger partial charge in [0, 0.05) is 19.0 Å². The quantitative estimate of drug-likeness (QED) is 0.827. The fourth-order valence-corrected chi connectivity index (χ4v) is 2.11. The van der Waals surface area contributed by atoms with Crippen LogP contribution in [0.2, 0.25) is 0 Å². The van der Waals surface area contributed by atoms with Crippen LogP contribution < -0.4 is 0 Å². The van der Waals surface area contributed by atoms with Gasteiger partial charge >= 0.3 is 0 Å². The van der Waals surface area contributed by atoms with Gasteiger partial charge in [0.1, 0.15) is 11.3 Å². The number of amides is 1. The topological polar surface area (TPSA) is 33.5 Å². The number of hydrogen-bond acceptors (Lipinski definition) is 2. The molecule has 1 atom stereocenters. The predicted octanol–water partition coefficient (Wildman–Crippen LogP) is 3.40. The van der Waals surface area contributed by atoms with Crippen LogP contribution in [0.1, 0.15) is 31.9 Å². The molecule has 0 bridgehead atoms. The average Bonchev–Trinajstić information content (AvgIpc) is 2.81. The molecule has 0 spiro atoms. The molecule has 0 radical (unpaired) electrons. The van der Waals surface area contributed by atoms with Gasteiger partial charge in [0.05, 0.1) is 5.92 Å². The third kappa shape index (κ3) is 2.40. The number of fused-ring (bicyclic) bond motifs is 1. The Labute approximate surface area is 107 Å². The van der Waals surface area contributed by atoms with E-state index in [2.05, 4.69) is 6.92 Å². The van der Waals surface area contributed by atoms with Crippen molar-refractivity contribution in [2.45, 2.75) is 26.2 Å². The number of furan rings is 1. The Kier molecular flexibility index (Phi) is 3.70. The monoisotopic (exact) mass is 245 g/mol. The molecule has 2 aromatic rings. The zero-order valence-corrected chi connectivity index (χ0v) is 11.1. The van der Waals surface area contributed by atoms with Crippen molar-refractivity contribution in [3.63, 3.8) is 0 Å². The van der Waals surface area contributed by atoms with Gasteiger partial charge in [-0.3, -0.25) is 4.79 Å². The predicted molar refractivity (Wildman–Crippen MR) is 72.6 cm³/mol. The molecule has 96 valence electrons. The Bertz CT molecular complexity index is 511. The van der Waals surface area contributed by atoms with E-state index in [1.807, 2.05) is 44.3 Å². The standard InChI is InChI=1S/C15H19NO2/c1-4-9-16(3)15(17)11(2)14-10-12-7-5-6-8-13(12)18-14/h5-8,10-11H,4,9H2,1-3H3. The van der Waals surface area contributed by atoms with E-state index in [9.17, 15) is 4.79 Å². The molecule has 0 saturated carbocycles. The van der Waals surface area contributed by atoms with Crippen LogP contribution in [0.3, 0.4) is 0 Å². The van der Waals surface area contributed by atoms with Gasteiger partial charge in [-0.1, -0.05) is 25.1 Å². The second-order valence-corrected chi connectivity index (χ2v) is 4.67. The molecule has 0 aliphatic heterocycles. The first-order chi connectivity index (χ1) is 8.63. The molecule has 1 aromatic carbocycles. The summed E-state index contributed by atoms with van der Waals surface area (Å²) >= 11 is 0. The number of benzene rings is 1. The molecule has 3 heteroatoms. The fourth-order valence-electron chi connectivity index (χ4n) is 2.11. The number of rotatable bonds is 4. The van der Waals surface area contributed by atoms with E-state index in [-0.39, 0.29) is 11.8 Å². The van der Waals surface area contributed by atoms with Crippen molar-refractivity contribution in [1.82, 2.24) is 4.90 Å². The number of hydrogen-bond donors (Lipinski definition) is 0. The molecule has 0 aliphatic carbocycles. The van der Waals surface area contributed by atoms with Crippen LogP contribution in [0.5, 0.6) is 0 Å². The Morgan fingerprint density at radius 3 is 2.78 bits per heavy atom. The smallest absolute Gasteiger partial charge is 0.232 e. The summed E-state index contributed by atoms with van der Waals surface area (Å²) in [6, 6.07) is 9.78. The number of likely N-dealkylation sites (N-methyl/N-ethyl adjacent to an activating group) is 1. The molecule has 0 fully saturated rings. The SMILES string of the molecule is CCCN(C)C(=O)C(C)c1cc2ccccc2o1.